The van der Waals surface area contributed by atoms with Crippen molar-refractivity contribution in [1.82, 2.24) is 9.97 Å². The van der Waals surface area contributed by atoms with Crippen LogP contribution in [0, 0.1) is 0 Å². The molecule has 0 saturated carbocycles. The van der Waals surface area contributed by atoms with Gasteiger partial charge in [-0.3, -0.25) is 4.79 Å². The summed E-state index contributed by atoms with van der Waals surface area (Å²) in [6, 6.07) is 3.14. The van der Waals surface area contributed by atoms with Gasteiger partial charge in [0.15, 0.2) is 11.6 Å². The second-order valence-corrected chi connectivity index (χ2v) is 2.42. The summed E-state index contributed by atoms with van der Waals surface area (Å²) < 4.78 is 4.87. The molecule has 0 aliphatic heterocycles. The molecule has 0 atom stereocenters. The molecule has 13 heavy (non-hydrogen) atoms. The van der Waals surface area contributed by atoms with Gasteiger partial charge in [-0.25, -0.2) is 4.98 Å². The fourth-order valence-corrected chi connectivity index (χ4v) is 0.951. The fraction of sp³-hybridized carbons (Fsp3) is 0. The summed E-state index contributed by atoms with van der Waals surface area (Å²) in [5.74, 6) is -0.276. The normalized spacial score (nSPS) is 10.2. The predicted octanol–water partition coefficient (Wildman–Crippen LogP) is 0.939. The topological polar surface area (TPSA) is 79.1 Å². The summed E-state index contributed by atoms with van der Waals surface area (Å²) in [5.41, 5.74) is 0. The van der Waals surface area contributed by atoms with Crippen LogP contribution in [0.3, 0.4) is 0 Å². The third-order valence-electron chi connectivity index (χ3n) is 1.52. The minimum Gasteiger partial charge on any atom is -0.493 e. The zero-order chi connectivity index (χ0) is 9.26. The first-order chi connectivity index (χ1) is 6.27. The maximum Gasteiger partial charge on any atom is 0.263 e. The van der Waals surface area contributed by atoms with E-state index < -0.39 is 0 Å². The Morgan fingerprint density at radius 3 is 3.00 bits per heavy atom. The second kappa shape index (κ2) is 2.78. The molecule has 2 N–H and O–H groups in total. The molecule has 2 rings (SSSR count). The Kier molecular flexibility index (Phi) is 1.63. The van der Waals surface area contributed by atoms with Gasteiger partial charge >= 0.3 is 0 Å². The van der Waals surface area contributed by atoms with Crippen molar-refractivity contribution in [1.29, 1.82) is 0 Å². The van der Waals surface area contributed by atoms with Crippen molar-refractivity contribution in [3.8, 4) is 5.88 Å². The number of hydrogen-bond acceptors (Lipinski definition) is 4. The Balaban J connectivity index is 2.33. The van der Waals surface area contributed by atoms with Crippen LogP contribution in [0.1, 0.15) is 16.4 Å². The highest BCUT2D eigenvalue weighted by molar-refractivity contribution is 6.04. The van der Waals surface area contributed by atoms with Gasteiger partial charge in [-0.15, -0.1) is 0 Å². The largest absolute Gasteiger partial charge is 0.493 e. The minimum absolute atomic E-state index is 0.0625. The van der Waals surface area contributed by atoms with Crippen LogP contribution < -0.4 is 0 Å². The number of carbonyl (C=O) groups excluding carboxylic acids is 1. The molecule has 0 saturated heterocycles. The molecule has 0 spiro atoms. The zero-order valence-corrected chi connectivity index (χ0v) is 6.52. The Hall–Kier alpha value is -2.04. The highest BCUT2D eigenvalue weighted by Crippen LogP contribution is 2.09. The van der Waals surface area contributed by atoms with Gasteiger partial charge in [0.2, 0.25) is 5.88 Å². The molecule has 0 radical (unpaired) electrons. The molecular formula is C8H6N2O3. The lowest BCUT2D eigenvalue weighted by Crippen LogP contribution is -2.01. The van der Waals surface area contributed by atoms with Crippen molar-refractivity contribution in [3.63, 3.8) is 0 Å². The number of H-pyrrole nitrogens is 1. The number of nitrogens with one attached hydrogen (secondary N) is 1. The number of imidazole rings is 1. The van der Waals surface area contributed by atoms with Crippen LogP contribution in [0.25, 0.3) is 0 Å². The molecule has 2 heterocycles. The number of furan rings is 1. The van der Waals surface area contributed by atoms with Crippen LogP contribution >= 0.6 is 0 Å². The molecule has 0 aliphatic carbocycles. The smallest absolute Gasteiger partial charge is 0.263 e. The summed E-state index contributed by atoms with van der Waals surface area (Å²) in [4.78, 5) is 17.5. The van der Waals surface area contributed by atoms with Crippen molar-refractivity contribution in [2.24, 2.45) is 0 Å². The number of hydrogen-bond donors (Lipinski definition) is 2. The SMILES string of the molecule is O=C(c1ncc(O)[nH]1)c1ccco1. The number of ketones is 1. The first-order valence-corrected chi connectivity index (χ1v) is 3.59. The molecule has 0 unspecified atom stereocenters. The number of aromatic nitrogens is 2. The van der Waals surface area contributed by atoms with Crippen LogP contribution in [0.5, 0.6) is 5.88 Å². The second-order valence-electron chi connectivity index (χ2n) is 2.42. The molecular weight excluding hydrogens is 172 g/mol. The lowest BCUT2D eigenvalue weighted by molar-refractivity contribution is 0.1000. The Morgan fingerprint density at radius 1 is 1.62 bits per heavy atom. The Morgan fingerprint density at radius 2 is 2.46 bits per heavy atom. The lowest BCUT2D eigenvalue weighted by atomic mass is 10.3. The minimum atomic E-state index is -0.384. The van der Waals surface area contributed by atoms with E-state index in [2.05, 4.69) is 9.97 Å². The van der Waals surface area contributed by atoms with Crippen LogP contribution in [0.4, 0.5) is 0 Å². The van der Waals surface area contributed by atoms with Gasteiger partial charge < -0.3 is 14.5 Å². The maximum absolute atomic E-state index is 11.4. The van der Waals surface area contributed by atoms with E-state index in [1.807, 2.05) is 0 Å². The van der Waals surface area contributed by atoms with Gasteiger partial charge in [-0.1, -0.05) is 0 Å². The zero-order valence-electron chi connectivity index (χ0n) is 6.52. The molecule has 0 amide bonds. The monoisotopic (exact) mass is 178 g/mol. The number of aromatic hydroxyl groups is 1. The Bertz CT molecular complexity index is 416. The first-order valence-electron chi connectivity index (χ1n) is 3.59. The van der Waals surface area contributed by atoms with Gasteiger partial charge in [0, 0.05) is 0 Å². The van der Waals surface area contributed by atoms with Crippen LogP contribution in [0.15, 0.2) is 29.0 Å². The average molecular weight is 178 g/mol. The lowest BCUT2D eigenvalue weighted by Gasteiger charge is -1.89. The van der Waals surface area contributed by atoms with Crippen molar-refractivity contribution >= 4 is 5.78 Å². The molecule has 66 valence electrons. The summed E-state index contributed by atoms with van der Waals surface area (Å²) in [5, 5.41) is 8.90. The molecule has 0 fully saturated rings. The van der Waals surface area contributed by atoms with Crippen LogP contribution in [0.2, 0.25) is 0 Å². The molecule has 0 bridgehead atoms. The highest BCUT2D eigenvalue weighted by Gasteiger charge is 2.14. The summed E-state index contributed by atoms with van der Waals surface area (Å²) in [6.07, 6.45) is 2.56. The van der Waals surface area contributed by atoms with E-state index in [4.69, 9.17) is 9.52 Å². The Labute approximate surface area is 73.0 Å². The highest BCUT2D eigenvalue weighted by atomic mass is 16.3. The van der Waals surface area contributed by atoms with Crippen molar-refractivity contribution in [2.75, 3.05) is 0 Å². The predicted molar refractivity (Wildman–Crippen MR) is 42.4 cm³/mol. The standard InChI is InChI=1S/C8H6N2O3/c11-6-4-9-8(10-6)7(12)5-2-1-3-13-5/h1-4,11H,(H,9,10). The number of aromatic amines is 1. The molecule has 0 aliphatic rings. The summed E-state index contributed by atoms with van der Waals surface area (Å²) in [6.45, 7) is 0. The van der Waals surface area contributed by atoms with Gasteiger partial charge in [-0.05, 0) is 12.1 Å². The molecule has 0 aromatic carbocycles. The number of carbonyl (C=O) groups is 1. The summed E-state index contributed by atoms with van der Waals surface area (Å²) >= 11 is 0. The van der Waals surface area contributed by atoms with E-state index in [-0.39, 0.29) is 23.2 Å². The van der Waals surface area contributed by atoms with Crippen LogP contribution in [-0.2, 0) is 0 Å². The van der Waals surface area contributed by atoms with Crippen molar-refractivity contribution in [3.05, 3.63) is 36.2 Å². The summed E-state index contributed by atoms with van der Waals surface area (Å²) in [7, 11) is 0. The van der Waals surface area contributed by atoms with Gasteiger partial charge in [0.1, 0.15) is 0 Å². The fourth-order valence-electron chi connectivity index (χ4n) is 0.951. The molecule has 2 aromatic rings. The third-order valence-corrected chi connectivity index (χ3v) is 1.52. The van der Waals surface area contributed by atoms with E-state index in [1.54, 1.807) is 6.07 Å². The van der Waals surface area contributed by atoms with E-state index in [9.17, 15) is 4.79 Å². The molecule has 5 nitrogen and oxygen atoms in total. The van der Waals surface area contributed by atoms with Gasteiger partial charge in [-0.2, -0.15) is 0 Å². The number of nitrogens with zero attached hydrogens (tertiary/aromatic N) is 1. The van der Waals surface area contributed by atoms with Gasteiger partial charge in [0.25, 0.3) is 5.78 Å². The maximum atomic E-state index is 11.4. The number of rotatable bonds is 2. The van der Waals surface area contributed by atoms with E-state index in [0.29, 0.717) is 0 Å². The first kappa shape index (κ1) is 7.60. The van der Waals surface area contributed by atoms with Crippen molar-refractivity contribution < 1.29 is 14.3 Å². The quantitative estimate of drug-likeness (QED) is 0.670. The van der Waals surface area contributed by atoms with Gasteiger partial charge in [0.05, 0.1) is 12.5 Å². The van der Waals surface area contributed by atoms with E-state index >= 15 is 0 Å². The molecule has 2 aromatic heterocycles. The van der Waals surface area contributed by atoms with Crippen LogP contribution in [-0.4, -0.2) is 20.9 Å². The van der Waals surface area contributed by atoms with E-state index in [1.165, 1.54) is 12.3 Å². The average Bonchev–Trinajstić information content (AvgIpc) is 2.72. The third kappa shape index (κ3) is 1.31. The molecule has 5 heteroatoms. The van der Waals surface area contributed by atoms with Crippen molar-refractivity contribution in [2.45, 2.75) is 0 Å². The van der Waals surface area contributed by atoms with E-state index in [0.717, 1.165) is 6.20 Å².